The molecule has 0 spiro atoms. The first-order valence-electron chi connectivity index (χ1n) is 8.15. The van der Waals surface area contributed by atoms with Crippen molar-refractivity contribution in [2.24, 2.45) is 0 Å². The van der Waals surface area contributed by atoms with E-state index >= 15 is 0 Å². The van der Waals surface area contributed by atoms with Crippen LogP contribution >= 0.6 is 27.5 Å². The molecular weight excluding hydrogens is 436 g/mol. The van der Waals surface area contributed by atoms with Gasteiger partial charge in [-0.05, 0) is 39.7 Å². The minimum atomic E-state index is -0.617. The van der Waals surface area contributed by atoms with E-state index in [1.165, 1.54) is 0 Å². The molecule has 0 unspecified atom stereocenters. The number of carbonyl (C=O) groups excluding carboxylic acids is 3. The van der Waals surface area contributed by atoms with E-state index in [0.29, 0.717) is 21.7 Å². The van der Waals surface area contributed by atoms with Crippen molar-refractivity contribution >= 4 is 51.0 Å². The zero-order valence-corrected chi connectivity index (χ0v) is 16.7. The molecule has 142 valence electrons. The lowest BCUT2D eigenvalue weighted by molar-refractivity contribution is -0.148. The van der Waals surface area contributed by atoms with Gasteiger partial charge in [-0.25, -0.2) is 0 Å². The molecule has 0 heterocycles. The lowest BCUT2D eigenvalue weighted by Crippen LogP contribution is -2.25. The van der Waals surface area contributed by atoms with Crippen LogP contribution in [-0.2, 0) is 25.7 Å². The molecule has 0 aliphatic rings. The molecule has 6 nitrogen and oxygen atoms in total. The van der Waals surface area contributed by atoms with Crippen LogP contribution in [0.15, 0.2) is 53.0 Å². The quantitative estimate of drug-likeness (QED) is 0.597. The fraction of sp³-hybridized carbons (Fsp3) is 0.211. The minimum absolute atomic E-state index is 0.00436. The summed E-state index contributed by atoms with van der Waals surface area (Å²) in [6, 6.07) is 14.4. The third-order valence-corrected chi connectivity index (χ3v) is 4.69. The van der Waals surface area contributed by atoms with E-state index in [1.54, 1.807) is 18.2 Å². The van der Waals surface area contributed by atoms with Crippen LogP contribution in [0, 0.1) is 0 Å². The predicted octanol–water partition coefficient (Wildman–Crippen LogP) is 3.68. The summed E-state index contributed by atoms with van der Waals surface area (Å²) in [5, 5.41) is 5.74. The second-order valence-electron chi connectivity index (χ2n) is 5.60. The van der Waals surface area contributed by atoms with Crippen LogP contribution in [0.25, 0.3) is 0 Å². The fourth-order valence-corrected chi connectivity index (χ4v) is 2.52. The van der Waals surface area contributed by atoms with Crippen LogP contribution in [0.4, 0.5) is 5.69 Å². The van der Waals surface area contributed by atoms with Crippen molar-refractivity contribution in [1.29, 1.82) is 0 Å². The van der Waals surface area contributed by atoms with Crippen LogP contribution < -0.4 is 10.6 Å². The molecule has 2 rings (SSSR count). The second kappa shape index (κ2) is 10.7. The smallest absolute Gasteiger partial charge is 0.306 e. The predicted molar refractivity (Wildman–Crippen MR) is 106 cm³/mol. The van der Waals surface area contributed by atoms with Gasteiger partial charge in [0.2, 0.25) is 5.91 Å². The first-order valence-corrected chi connectivity index (χ1v) is 9.32. The Balaban J connectivity index is 1.64. The van der Waals surface area contributed by atoms with Gasteiger partial charge in [0.05, 0.1) is 11.4 Å². The molecule has 8 heteroatoms. The third kappa shape index (κ3) is 7.80. The molecule has 27 heavy (non-hydrogen) atoms. The normalized spacial score (nSPS) is 10.1. The van der Waals surface area contributed by atoms with Gasteiger partial charge in [-0.15, -0.1) is 0 Å². The molecule has 0 atom stereocenters. The van der Waals surface area contributed by atoms with E-state index in [4.69, 9.17) is 16.3 Å². The van der Waals surface area contributed by atoms with Gasteiger partial charge in [-0.3, -0.25) is 14.4 Å². The largest absolute Gasteiger partial charge is 0.456 e. The molecule has 2 aromatic rings. The summed E-state index contributed by atoms with van der Waals surface area (Å²) in [4.78, 5) is 35.2. The van der Waals surface area contributed by atoms with Gasteiger partial charge in [0.25, 0.3) is 5.91 Å². The van der Waals surface area contributed by atoms with Crippen LogP contribution in [0.5, 0.6) is 0 Å². The molecule has 0 aromatic heterocycles. The van der Waals surface area contributed by atoms with Crippen LogP contribution in [0.1, 0.15) is 18.4 Å². The maximum absolute atomic E-state index is 11.8. The highest BCUT2D eigenvalue weighted by Gasteiger charge is 2.11. The summed E-state index contributed by atoms with van der Waals surface area (Å²) >= 11 is 9.19. The molecule has 2 aromatic carbocycles. The number of benzene rings is 2. The average Bonchev–Trinajstić information content (AvgIpc) is 2.67. The standard InChI is InChI=1S/C19H18BrClN2O4/c20-15-7-6-14(10-16(15)21)23-18(25)12-27-19(26)9-8-17(24)22-11-13-4-2-1-3-5-13/h1-7,10H,8-9,11-12H2,(H,22,24)(H,23,25). The van der Waals surface area contributed by atoms with Crippen LogP contribution in [-0.4, -0.2) is 24.4 Å². The van der Waals surface area contributed by atoms with Gasteiger partial charge >= 0.3 is 5.97 Å². The minimum Gasteiger partial charge on any atom is -0.456 e. The Morgan fingerprint density at radius 3 is 2.44 bits per heavy atom. The Morgan fingerprint density at radius 2 is 1.74 bits per heavy atom. The summed E-state index contributed by atoms with van der Waals surface area (Å²) in [6.07, 6.45) is -0.104. The number of carbonyl (C=O) groups is 3. The van der Waals surface area contributed by atoms with Gasteiger partial charge in [-0.1, -0.05) is 41.9 Å². The van der Waals surface area contributed by atoms with E-state index < -0.39 is 18.5 Å². The van der Waals surface area contributed by atoms with E-state index in [0.717, 1.165) is 5.56 Å². The lowest BCUT2D eigenvalue weighted by atomic mass is 10.2. The van der Waals surface area contributed by atoms with Crippen LogP contribution in [0.3, 0.4) is 0 Å². The van der Waals surface area contributed by atoms with Gasteiger partial charge in [0.1, 0.15) is 0 Å². The van der Waals surface area contributed by atoms with E-state index in [2.05, 4.69) is 26.6 Å². The van der Waals surface area contributed by atoms with Crippen LogP contribution in [0.2, 0.25) is 5.02 Å². The van der Waals surface area contributed by atoms with E-state index in [1.807, 2.05) is 30.3 Å². The molecule has 0 aliphatic carbocycles. The van der Waals surface area contributed by atoms with Gasteiger partial charge in [0.15, 0.2) is 6.61 Å². The Kier molecular flexibility index (Phi) is 8.29. The van der Waals surface area contributed by atoms with Crippen molar-refractivity contribution in [1.82, 2.24) is 5.32 Å². The number of nitrogens with one attached hydrogen (secondary N) is 2. The average molecular weight is 454 g/mol. The SMILES string of the molecule is O=C(CCC(=O)OCC(=O)Nc1ccc(Br)c(Cl)c1)NCc1ccccc1. The Bertz CT molecular complexity index is 815. The molecule has 0 radical (unpaired) electrons. The van der Waals surface area contributed by atoms with Crippen molar-refractivity contribution in [3.8, 4) is 0 Å². The first-order chi connectivity index (χ1) is 12.9. The highest BCUT2D eigenvalue weighted by molar-refractivity contribution is 9.10. The number of esters is 1. The molecule has 2 amide bonds. The summed E-state index contributed by atoms with van der Waals surface area (Å²) in [5.74, 6) is -1.37. The summed E-state index contributed by atoms with van der Waals surface area (Å²) in [5.41, 5.74) is 1.46. The number of halogens is 2. The maximum atomic E-state index is 11.8. The monoisotopic (exact) mass is 452 g/mol. The van der Waals surface area contributed by atoms with Gasteiger partial charge in [-0.2, -0.15) is 0 Å². The number of amides is 2. The third-order valence-electron chi connectivity index (χ3n) is 3.46. The highest BCUT2D eigenvalue weighted by Crippen LogP contribution is 2.25. The zero-order valence-electron chi connectivity index (χ0n) is 14.3. The molecule has 0 saturated heterocycles. The number of hydrogen-bond donors (Lipinski definition) is 2. The van der Waals surface area contributed by atoms with Crippen molar-refractivity contribution in [3.05, 3.63) is 63.6 Å². The topological polar surface area (TPSA) is 84.5 Å². The Hall–Kier alpha value is -2.38. The van der Waals surface area contributed by atoms with Gasteiger partial charge in [0, 0.05) is 23.1 Å². The molecule has 0 aliphatic heterocycles. The van der Waals surface area contributed by atoms with E-state index in [-0.39, 0.29) is 18.7 Å². The number of ether oxygens (including phenoxy) is 1. The molecule has 2 N–H and O–H groups in total. The summed E-state index contributed by atoms with van der Waals surface area (Å²) < 4.78 is 5.58. The zero-order chi connectivity index (χ0) is 19.6. The molecule has 0 fully saturated rings. The number of hydrogen-bond acceptors (Lipinski definition) is 4. The van der Waals surface area contributed by atoms with Crippen molar-refractivity contribution in [3.63, 3.8) is 0 Å². The van der Waals surface area contributed by atoms with E-state index in [9.17, 15) is 14.4 Å². The number of rotatable bonds is 8. The lowest BCUT2D eigenvalue weighted by Gasteiger charge is -2.08. The summed E-state index contributed by atoms with van der Waals surface area (Å²) in [7, 11) is 0. The van der Waals surface area contributed by atoms with Crippen molar-refractivity contribution in [2.45, 2.75) is 19.4 Å². The fourth-order valence-electron chi connectivity index (χ4n) is 2.09. The Morgan fingerprint density at radius 1 is 1.00 bits per heavy atom. The Labute approximate surface area is 170 Å². The van der Waals surface area contributed by atoms with Crippen molar-refractivity contribution in [2.75, 3.05) is 11.9 Å². The summed E-state index contributed by atoms with van der Waals surface area (Å²) in [6.45, 7) is -0.0367. The second-order valence-corrected chi connectivity index (χ2v) is 6.86. The molecular formula is C19H18BrClN2O4. The maximum Gasteiger partial charge on any atom is 0.306 e. The highest BCUT2D eigenvalue weighted by atomic mass is 79.9. The van der Waals surface area contributed by atoms with Crippen molar-refractivity contribution < 1.29 is 19.1 Å². The molecule has 0 bridgehead atoms. The first kappa shape index (κ1) is 20.9. The number of anilines is 1. The molecule has 0 saturated carbocycles. The van der Waals surface area contributed by atoms with Gasteiger partial charge < -0.3 is 15.4 Å².